The zero-order valence-corrected chi connectivity index (χ0v) is 19.5. The van der Waals surface area contributed by atoms with Crippen molar-refractivity contribution in [3.05, 3.63) is 108 Å². The van der Waals surface area contributed by atoms with Crippen LogP contribution in [0.2, 0.25) is 0 Å². The zero-order valence-electron chi connectivity index (χ0n) is 19.5. The smallest absolute Gasteiger partial charge is 0.290 e. The summed E-state index contributed by atoms with van der Waals surface area (Å²) in [5, 5.41) is 11.6. The van der Waals surface area contributed by atoms with E-state index in [1.807, 2.05) is 0 Å². The molecule has 1 unspecified atom stereocenters. The first-order valence-electron chi connectivity index (χ1n) is 11.2. The van der Waals surface area contributed by atoms with Crippen LogP contribution in [0.15, 0.2) is 99.7 Å². The van der Waals surface area contributed by atoms with E-state index in [2.05, 4.69) is 6.58 Å². The zero-order chi connectivity index (χ0) is 25.2. The Labute approximate surface area is 206 Å². The number of furan rings is 2. The van der Waals surface area contributed by atoms with Crippen molar-refractivity contribution in [1.82, 2.24) is 4.90 Å². The van der Waals surface area contributed by atoms with E-state index in [1.54, 1.807) is 66.7 Å². The molecule has 1 aliphatic heterocycles. The first kappa shape index (κ1) is 23.0. The number of Topliss-reactive ketones (excluding diaryl/α,β-unsaturated/α-hetero) is 1. The molecule has 36 heavy (non-hydrogen) atoms. The molecule has 1 N–H and O–H groups in total. The number of hydrogen-bond donors (Lipinski definition) is 1. The largest absolute Gasteiger partial charge is 0.503 e. The lowest BCUT2D eigenvalue weighted by Gasteiger charge is -2.26. The third kappa shape index (κ3) is 4.02. The number of benzene rings is 2. The third-order valence-electron chi connectivity index (χ3n) is 5.97. The Bertz CT molecular complexity index is 1460. The van der Waals surface area contributed by atoms with Gasteiger partial charge in [0.1, 0.15) is 18.1 Å². The van der Waals surface area contributed by atoms with E-state index in [9.17, 15) is 14.7 Å². The van der Waals surface area contributed by atoms with Gasteiger partial charge in [-0.3, -0.25) is 9.59 Å². The van der Waals surface area contributed by atoms with Crippen molar-refractivity contribution in [3.8, 4) is 11.5 Å². The van der Waals surface area contributed by atoms with E-state index in [0.717, 1.165) is 0 Å². The summed E-state index contributed by atoms with van der Waals surface area (Å²) < 4.78 is 22.2. The molecule has 0 aliphatic carbocycles. The van der Waals surface area contributed by atoms with Gasteiger partial charge in [0.25, 0.3) is 5.91 Å². The molecule has 0 spiro atoms. The first-order valence-corrected chi connectivity index (χ1v) is 11.2. The summed E-state index contributed by atoms with van der Waals surface area (Å²) in [4.78, 5) is 28.3. The Morgan fingerprint density at radius 3 is 2.67 bits per heavy atom. The standard InChI is InChI=1S/C28H23NO7/c1-3-13-34-19-11-9-17(10-12-19)24-23(26(31)28(32)29(24)16-20-7-5-14-35-20)25(30)22-15-18-6-4-8-21(33-2)27(18)36-22/h3-12,14-15,24,31H,1,13,16H2,2H3. The molecular weight excluding hydrogens is 462 g/mol. The van der Waals surface area contributed by atoms with Gasteiger partial charge in [-0.2, -0.15) is 0 Å². The monoisotopic (exact) mass is 485 g/mol. The second kappa shape index (κ2) is 9.50. The highest BCUT2D eigenvalue weighted by molar-refractivity contribution is 6.16. The van der Waals surface area contributed by atoms with Gasteiger partial charge in [0.2, 0.25) is 5.78 Å². The molecule has 1 atom stereocenters. The molecule has 0 saturated carbocycles. The minimum atomic E-state index is -0.876. The Balaban J connectivity index is 1.57. The molecular formula is C28H23NO7. The SMILES string of the molecule is C=CCOc1ccc(C2C(C(=O)c3cc4cccc(OC)c4o3)=C(O)C(=O)N2Cc2ccco2)cc1. The van der Waals surface area contributed by atoms with Gasteiger partial charge in [-0.15, -0.1) is 0 Å². The summed E-state index contributed by atoms with van der Waals surface area (Å²) in [5.41, 5.74) is 0.937. The molecule has 0 bridgehead atoms. The van der Waals surface area contributed by atoms with Crippen LogP contribution in [0.4, 0.5) is 0 Å². The molecule has 2 aromatic carbocycles. The fraction of sp³-hybridized carbons (Fsp3) is 0.143. The Kier molecular flexibility index (Phi) is 6.08. The van der Waals surface area contributed by atoms with Crippen LogP contribution in [-0.4, -0.2) is 35.4 Å². The van der Waals surface area contributed by atoms with Crippen LogP contribution in [-0.2, 0) is 11.3 Å². The fourth-order valence-electron chi connectivity index (χ4n) is 4.31. The maximum Gasteiger partial charge on any atom is 0.290 e. The summed E-state index contributed by atoms with van der Waals surface area (Å²) in [6, 6.07) is 16.4. The molecule has 0 radical (unpaired) electrons. The minimum Gasteiger partial charge on any atom is -0.503 e. The number of rotatable bonds is 9. The highest BCUT2D eigenvalue weighted by Crippen LogP contribution is 2.41. The van der Waals surface area contributed by atoms with Gasteiger partial charge < -0.3 is 28.3 Å². The van der Waals surface area contributed by atoms with E-state index in [1.165, 1.54) is 18.3 Å². The molecule has 5 rings (SSSR count). The fourth-order valence-corrected chi connectivity index (χ4v) is 4.31. The number of para-hydroxylation sites is 1. The summed E-state index contributed by atoms with van der Waals surface area (Å²) in [7, 11) is 1.51. The molecule has 8 heteroatoms. The molecule has 0 fully saturated rings. The molecule has 1 amide bonds. The van der Waals surface area contributed by atoms with Gasteiger partial charge in [-0.05, 0) is 42.0 Å². The van der Waals surface area contributed by atoms with Crippen molar-refractivity contribution in [2.45, 2.75) is 12.6 Å². The van der Waals surface area contributed by atoms with Gasteiger partial charge in [-0.25, -0.2) is 0 Å². The summed E-state index contributed by atoms with van der Waals surface area (Å²) in [5.74, 6) is -0.340. The Morgan fingerprint density at radius 2 is 1.97 bits per heavy atom. The van der Waals surface area contributed by atoms with Crippen molar-refractivity contribution in [3.63, 3.8) is 0 Å². The third-order valence-corrected chi connectivity index (χ3v) is 5.97. The highest BCUT2D eigenvalue weighted by atomic mass is 16.5. The predicted octanol–water partition coefficient (Wildman–Crippen LogP) is 5.38. The van der Waals surface area contributed by atoms with Gasteiger partial charge in [0.05, 0.1) is 31.5 Å². The number of methoxy groups -OCH3 is 1. The number of aliphatic hydroxyl groups excluding tert-OH is 1. The summed E-state index contributed by atoms with van der Waals surface area (Å²) in [6.45, 7) is 4.03. The highest BCUT2D eigenvalue weighted by Gasteiger charge is 2.45. The molecule has 8 nitrogen and oxygen atoms in total. The Hall–Kier alpha value is -4.72. The average Bonchev–Trinajstić information content (AvgIpc) is 3.63. The minimum absolute atomic E-state index is 0.0142. The van der Waals surface area contributed by atoms with E-state index in [4.69, 9.17) is 18.3 Å². The van der Waals surface area contributed by atoms with Crippen molar-refractivity contribution in [2.24, 2.45) is 0 Å². The summed E-state index contributed by atoms with van der Waals surface area (Å²) >= 11 is 0. The number of nitrogens with zero attached hydrogens (tertiary/aromatic N) is 1. The molecule has 1 aliphatic rings. The van der Waals surface area contributed by atoms with Crippen molar-refractivity contribution >= 4 is 22.7 Å². The quantitative estimate of drug-likeness (QED) is 0.251. The van der Waals surface area contributed by atoms with Crippen LogP contribution in [0.3, 0.4) is 0 Å². The number of carbonyl (C=O) groups excluding carboxylic acids is 2. The van der Waals surface area contributed by atoms with E-state index >= 15 is 0 Å². The lowest BCUT2D eigenvalue weighted by atomic mass is 9.95. The maximum atomic E-state index is 13.7. The normalized spacial score (nSPS) is 15.5. The summed E-state index contributed by atoms with van der Waals surface area (Å²) in [6.07, 6.45) is 3.13. The van der Waals surface area contributed by atoms with Crippen molar-refractivity contribution < 1.29 is 33.0 Å². The van der Waals surface area contributed by atoms with Crippen LogP contribution in [0.5, 0.6) is 11.5 Å². The van der Waals surface area contributed by atoms with Gasteiger partial charge in [0.15, 0.2) is 22.9 Å². The van der Waals surface area contributed by atoms with Gasteiger partial charge in [0, 0.05) is 5.39 Å². The lowest BCUT2D eigenvalue weighted by Crippen LogP contribution is -2.30. The maximum absolute atomic E-state index is 13.7. The van der Waals surface area contributed by atoms with Crippen molar-refractivity contribution in [2.75, 3.05) is 13.7 Å². The van der Waals surface area contributed by atoms with E-state index < -0.39 is 23.5 Å². The van der Waals surface area contributed by atoms with Gasteiger partial charge >= 0.3 is 0 Å². The predicted molar refractivity (Wildman–Crippen MR) is 131 cm³/mol. The molecule has 4 aromatic rings. The Morgan fingerprint density at radius 1 is 1.17 bits per heavy atom. The van der Waals surface area contributed by atoms with Crippen LogP contribution < -0.4 is 9.47 Å². The molecule has 2 aromatic heterocycles. The van der Waals surface area contributed by atoms with Crippen molar-refractivity contribution in [1.29, 1.82) is 0 Å². The van der Waals surface area contributed by atoms with Crippen LogP contribution in [0, 0.1) is 0 Å². The number of hydrogen-bond acceptors (Lipinski definition) is 7. The average molecular weight is 485 g/mol. The molecule has 3 heterocycles. The molecule has 0 saturated heterocycles. The number of carbonyl (C=O) groups is 2. The number of aliphatic hydroxyl groups is 1. The topological polar surface area (TPSA) is 102 Å². The van der Waals surface area contributed by atoms with Crippen LogP contribution in [0.25, 0.3) is 11.0 Å². The van der Waals surface area contributed by atoms with E-state index in [-0.39, 0.29) is 17.9 Å². The first-order chi connectivity index (χ1) is 17.5. The second-order valence-corrected chi connectivity index (χ2v) is 8.16. The number of ether oxygens (including phenoxy) is 2. The lowest BCUT2D eigenvalue weighted by molar-refractivity contribution is -0.130. The number of fused-ring (bicyclic) bond motifs is 1. The van der Waals surface area contributed by atoms with Crippen LogP contribution in [0.1, 0.15) is 27.9 Å². The number of ketones is 1. The van der Waals surface area contributed by atoms with E-state index in [0.29, 0.717) is 40.4 Å². The molecule has 182 valence electrons. The van der Waals surface area contributed by atoms with Gasteiger partial charge in [-0.1, -0.05) is 36.9 Å². The van der Waals surface area contributed by atoms with Crippen LogP contribution >= 0.6 is 0 Å². The number of amides is 1. The second-order valence-electron chi connectivity index (χ2n) is 8.16.